The molecule has 1 unspecified atom stereocenters. The molecule has 4 nitrogen and oxygen atoms in total. The summed E-state index contributed by atoms with van der Waals surface area (Å²) in [6.07, 6.45) is 0. The van der Waals surface area contributed by atoms with Crippen molar-refractivity contribution in [1.29, 1.82) is 0 Å². The van der Waals surface area contributed by atoms with E-state index in [1.54, 1.807) is 18.4 Å². The lowest BCUT2D eigenvalue weighted by molar-refractivity contribution is 0.153. The summed E-state index contributed by atoms with van der Waals surface area (Å²) >= 11 is 1.63. The topological polar surface area (TPSA) is 45.6 Å². The Kier molecular flexibility index (Phi) is 5.11. The number of thiazole rings is 1. The SMILES string of the molecule is COc1cccc(-c2nc(CN(C)C(C)CO)cs2)c1. The van der Waals surface area contributed by atoms with Crippen molar-refractivity contribution in [3.05, 3.63) is 35.3 Å². The third-order valence-corrected chi connectivity index (χ3v) is 4.24. The summed E-state index contributed by atoms with van der Waals surface area (Å²) in [5.74, 6) is 0.838. The van der Waals surface area contributed by atoms with Crippen molar-refractivity contribution in [1.82, 2.24) is 9.88 Å². The number of methoxy groups -OCH3 is 1. The van der Waals surface area contributed by atoms with Crippen LogP contribution in [0.15, 0.2) is 29.6 Å². The lowest BCUT2D eigenvalue weighted by Gasteiger charge is -2.21. The van der Waals surface area contributed by atoms with Crippen LogP contribution >= 0.6 is 11.3 Å². The van der Waals surface area contributed by atoms with E-state index in [1.807, 2.05) is 38.2 Å². The van der Waals surface area contributed by atoms with Crippen LogP contribution in [0.5, 0.6) is 5.75 Å². The average molecular weight is 292 g/mol. The Morgan fingerprint density at radius 2 is 2.25 bits per heavy atom. The van der Waals surface area contributed by atoms with Crippen molar-refractivity contribution in [2.24, 2.45) is 0 Å². The van der Waals surface area contributed by atoms with E-state index in [0.29, 0.717) is 0 Å². The van der Waals surface area contributed by atoms with Crippen molar-refractivity contribution in [2.45, 2.75) is 19.5 Å². The van der Waals surface area contributed by atoms with Crippen molar-refractivity contribution in [3.8, 4) is 16.3 Å². The van der Waals surface area contributed by atoms with E-state index in [4.69, 9.17) is 9.84 Å². The molecule has 0 radical (unpaired) electrons. The van der Waals surface area contributed by atoms with Crippen LogP contribution in [0.2, 0.25) is 0 Å². The zero-order valence-corrected chi connectivity index (χ0v) is 12.9. The molecule has 0 spiro atoms. The number of nitrogens with zero attached hydrogens (tertiary/aromatic N) is 2. The van der Waals surface area contributed by atoms with E-state index in [1.165, 1.54) is 0 Å². The molecule has 5 heteroatoms. The van der Waals surface area contributed by atoms with Gasteiger partial charge in [0.05, 0.1) is 19.4 Å². The normalized spacial score (nSPS) is 12.7. The minimum absolute atomic E-state index is 0.136. The quantitative estimate of drug-likeness (QED) is 0.889. The fourth-order valence-corrected chi connectivity index (χ4v) is 2.63. The molecule has 108 valence electrons. The van der Waals surface area contributed by atoms with E-state index in [0.717, 1.165) is 28.6 Å². The summed E-state index contributed by atoms with van der Waals surface area (Å²) in [4.78, 5) is 6.74. The monoisotopic (exact) mass is 292 g/mol. The molecule has 0 bridgehead atoms. The number of aliphatic hydroxyl groups is 1. The maximum absolute atomic E-state index is 9.15. The van der Waals surface area contributed by atoms with Gasteiger partial charge < -0.3 is 9.84 Å². The molecule has 0 aliphatic carbocycles. The maximum atomic E-state index is 9.15. The number of aliphatic hydroxyl groups excluding tert-OH is 1. The van der Waals surface area contributed by atoms with Crippen LogP contribution < -0.4 is 4.74 Å². The number of rotatable bonds is 6. The number of benzene rings is 1. The molecule has 1 N–H and O–H groups in total. The van der Waals surface area contributed by atoms with Crippen LogP contribution in [-0.2, 0) is 6.54 Å². The molecular formula is C15H20N2O2S. The molecule has 0 fully saturated rings. The van der Waals surface area contributed by atoms with Crippen LogP contribution in [-0.4, -0.2) is 41.8 Å². The van der Waals surface area contributed by atoms with Gasteiger partial charge in [0.15, 0.2) is 0 Å². The first-order valence-corrected chi connectivity index (χ1v) is 7.42. The summed E-state index contributed by atoms with van der Waals surface area (Å²) in [6, 6.07) is 8.05. The van der Waals surface area contributed by atoms with Gasteiger partial charge >= 0.3 is 0 Å². The van der Waals surface area contributed by atoms with Crippen LogP contribution in [0.1, 0.15) is 12.6 Å². The van der Waals surface area contributed by atoms with Gasteiger partial charge in [0, 0.05) is 23.5 Å². The molecule has 0 aliphatic rings. The fourth-order valence-electron chi connectivity index (χ4n) is 1.82. The largest absolute Gasteiger partial charge is 0.497 e. The predicted molar refractivity (Wildman–Crippen MR) is 82.1 cm³/mol. The Morgan fingerprint density at radius 3 is 2.95 bits per heavy atom. The Hall–Kier alpha value is -1.43. The molecule has 0 aliphatic heterocycles. The first kappa shape index (κ1) is 15.0. The van der Waals surface area contributed by atoms with Gasteiger partial charge in [-0.3, -0.25) is 4.90 Å². The van der Waals surface area contributed by atoms with Crippen molar-refractivity contribution >= 4 is 11.3 Å². The molecule has 1 aromatic carbocycles. The number of hydrogen-bond acceptors (Lipinski definition) is 5. The molecule has 1 atom stereocenters. The molecule has 0 amide bonds. The third-order valence-electron chi connectivity index (χ3n) is 3.30. The molecule has 2 aromatic rings. The van der Waals surface area contributed by atoms with Crippen LogP contribution in [0.4, 0.5) is 0 Å². The summed E-state index contributed by atoms with van der Waals surface area (Å²) in [6.45, 7) is 2.89. The molecule has 20 heavy (non-hydrogen) atoms. The van der Waals surface area contributed by atoms with Gasteiger partial charge in [-0.15, -0.1) is 11.3 Å². The lowest BCUT2D eigenvalue weighted by Crippen LogP contribution is -2.31. The molecule has 1 heterocycles. The first-order valence-electron chi connectivity index (χ1n) is 6.54. The Balaban J connectivity index is 2.12. The Labute approximate surface area is 123 Å². The van der Waals surface area contributed by atoms with E-state index in [9.17, 15) is 0 Å². The van der Waals surface area contributed by atoms with E-state index in [2.05, 4.69) is 15.3 Å². The molecular weight excluding hydrogens is 272 g/mol. The maximum Gasteiger partial charge on any atom is 0.123 e. The molecule has 0 saturated carbocycles. The Morgan fingerprint density at radius 1 is 1.45 bits per heavy atom. The number of ether oxygens (including phenoxy) is 1. The van der Waals surface area contributed by atoms with E-state index >= 15 is 0 Å². The highest BCUT2D eigenvalue weighted by atomic mass is 32.1. The second-order valence-electron chi connectivity index (χ2n) is 4.82. The van der Waals surface area contributed by atoms with Crippen molar-refractivity contribution < 1.29 is 9.84 Å². The van der Waals surface area contributed by atoms with Gasteiger partial charge in [0.1, 0.15) is 10.8 Å². The zero-order chi connectivity index (χ0) is 14.5. The highest BCUT2D eigenvalue weighted by molar-refractivity contribution is 7.13. The van der Waals surface area contributed by atoms with Crippen LogP contribution in [0.25, 0.3) is 10.6 Å². The van der Waals surface area contributed by atoms with Gasteiger partial charge in [-0.2, -0.15) is 0 Å². The van der Waals surface area contributed by atoms with Gasteiger partial charge in [0.25, 0.3) is 0 Å². The first-order chi connectivity index (χ1) is 9.63. The summed E-state index contributed by atoms with van der Waals surface area (Å²) in [7, 11) is 3.66. The van der Waals surface area contributed by atoms with E-state index < -0.39 is 0 Å². The van der Waals surface area contributed by atoms with Gasteiger partial charge in [0.2, 0.25) is 0 Å². The van der Waals surface area contributed by atoms with Gasteiger partial charge in [-0.05, 0) is 26.1 Å². The second-order valence-corrected chi connectivity index (χ2v) is 5.68. The minimum atomic E-state index is 0.136. The zero-order valence-electron chi connectivity index (χ0n) is 12.0. The molecule has 1 aromatic heterocycles. The third kappa shape index (κ3) is 3.56. The number of aromatic nitrogens is 1. The van der Waals surface area contributed by atoms with Crippen molar-refractivity contribution in [2.75, 3.05) is 20.8 Å². The number of likely N-dealkylation sites (N-methyl/N-ethyl adjacent to an activating group) is 1. The Bertz CT molecular complexity index is 556. The predicted octanol–water partition coefficient (Wildman–Crippen LogP) is 2.63. The van der Waals surface area contributed by atoms with Gasteiger partial charge in [-0.1, -0.05) is 12.1 Å². The van der Waals surface area contributed by atoms with Crippen molar-refractivity contribution in [3.63, 3.8) is 0 Å². The fraction of sp³-hybridized carbons (Fsp3) is 0.400. The number of hydrogen-bond donors (Lipinski definition) is 1. The van der Waals surface area contributed by atoms with Crippen LogP contribution in [0, 0.1) is 0 Å². The standard InChI is InChI=1S/C15H20N2O2S/c1-11(9-18)17(2)8-13-10-20-15(16-13)12-5-4-6-14(7-12)19-3/h4-7,10-11,18H,8-9H2,1-3H3. The molecule has 2 rings (SSSR count). The van der Waals surface area contributed by atoms with Gasteiger partial charge in [-0.25, -0.2) is 4.98 Å². The second kappa shape index (κ2) is 6.83. The minimum Gasteiger partial charge on any atom is -0.497 e. The highest BCUT2D eigenvalue weighted by Gasteiger charge is 2.11. The smallest absolute Gasteiger partial charge is 0.123 e. The van der Waals surface area contributed by atoms with E-state index in [-0.39, 0.29) is 12.6 Å². The summed E-state index contributed by atoms with van der Waals surface area (Å²) in [5.41, 5.74) is 2.09. The summed E-state index contributed by atoms with van der Waals surface area (Å²) < 4.78 is 5.23. The average Bonchev–Trinajstić information content (AvgIpc) is 2.94. The highest BCUT2D eigenvalue weighted by Crippen LogP contribution is 2.27. The lowest BCUT2D eigenvalue weighted by atomic mass is 10.2. The molecule has 0 saturated heterocycles. The van der Waals surface area contributed by atoms with Crippen LogP contribution in [0.3, 0.4) is 0 Å². The summed E-state index contributed by atoms with van der Waals surface area (Å²) in [5, 5.41) is 12.2.